The number of carbonyl (C=O) groups is 1. The van der Waals surface area contributed by atoms with Crippen molar-refractivity contribution in [2.75, 3.05) is 13.2 Å². The van der Waals surface area contributed by atoms with Gasteiger partial charge >= 0.3 is 6.09 Å². The summed E-state index contributed by atoms with van der Waals surface area (Å²) in [6, 6.07) is 14.2. The molecule has 0 aliphatic carbocycles. The Morgan fingerprint density at radius 2 is 1.86 bits per heavy atom. The van der Waals surface area contributed by atoms with Gasteiger partial charge in [-0.1, -0.05) is 48.5 Å². The number of hydrogen-bond donors (Lipinski definition) is 1. The maximum atomic E-state index is 14.5. The molecule has 0 saturated carbocycles. The number of benzene rings is 2. The summed E-state index contributed by atoms with van der Waals surface area (Å²) in [4.78, 5) is 14.5. The van der Waals surface area contributed by atoms with Gasteiger partial charge in [0.15, 0.2) is 0 Å². The van der Waals surface area contributed by atoms with Crippen LogP contribution in [0, 0.1) is 12.7 Å². The highest BCUT2D eigenvalue weighted by atomic mass is 19.1. The Kier molecular flexibility index (Phi) is 5.56. The Labute approximate surface area is 170 Å². The van der Waals surface area contributed by atoms with Crippen LogP contribution >= 0.6 is 0 Å². The van der Waals surface area contributed by atoms with Crippen LogP contribution in [-0.2, 0) is 22.5 Å². The molecule has 2 aromatic carbocycles. The normalized spacial score (nSPS) is 26.2. The standard InChI is InChI=1S/C23H26FNO4/c1-16-6-5-9-18(21(16)24)10-23(27)11-19-14-28-15-20(12-23)25(19)22(26)29-13-17-7-3-2-4-8-17/h2-9,19-20,27H,10-15H2,1H3. The summed E-state index contributed by atoms with van der Waals surface area (Å²) in [6.07, 6.45) is 0.491. The van der Waals surface area contributed by atoms with E-state index < -0.39 is 11.7 Å². The predicted molar refractivity (Wildman–Crippen MR) is 106 cm³/mol. The van der Waals surface area contributed by atoms with Gasteiger partial charge in [0.05, 0.1) is 30.9 Å². The number of ether oxygens (including phenoxy) is 2. The lowest BCUT2D eigenvalue weighted by atomic mass is 9.77. The SMILES string of the molecule is Cc1cccc(CC2(O)CC3COCC(C2)N3C(=O)OCc2ccccc2)c1F. The highest BCUT2D eigenvalue weighted by Crippen LogP contribution is 2.37. The number of morpholine rings is 1. The molecule has 6 heteroatoms. The molecule has 2 heterocycles. The van der Waals surface area contributed by atoms with Gasteiger partial charge in [-0.25, -0.2) is 9.18 Å². The number of amides is 1. The zero-order valence-electron chi connectivity index (χ0n) is 16.5. The molecule has 2 aromatic rings. The summed E-state index contributed by atoms with van der Waals surface area (Å²) < 4.78 is 25.6. The summed E-state index contributed by atoms with van der Waals surface area (Å²) in [5.74, 6) is -0.271. The van der Waals surface area contributed by atoms with E-state index in [0.717, 1.165) is 5.56 Å². The second-order valence-electron chi connectivity index (χ2n) is 8.15. The van der Waals surface area contributed by atoms with Crippen LogP contribution in [0.15, 0.2) is 48.5 Å². The van der Waals surface area contributed by atoms with Gasteiger partial charge in [0.1, 0.15) is 12.4 Å². The lowest BCUT2D eigenvalue weighted by Crippen LogP contribution is -2.64. The molecular weight excluding hydrogens is 373 g/mol. The van der Waals surface area contributed by atoms with Crippen molar-refractivity contribution in [3.8, 4) is 0 Å². The molecule has 1 amide bonds. The summed E-state index contributed by atoms with van der Waals surface area (Å²) >= 11 is 0. The van der Waals surface area contributed by atoms with Crippen molar-refractivity contribution in [2.24, 2.45) is 0 Å². The second-order valence-corrected chi connectivity index (χ2v) is 8.15. The van der Waals surface area contributed by atoms with Gasteiger partial charge < -0.3 is 14.6 Å². The largest absolute Gasteiger partial charge is 0.445 e. The lowest BCUT2D eigenvalue weighted by molar-refractivity contribution is -0.133. The van der Waals surface area contributed by atoms with Gasteiger partial charge in [-0.15, -0.1) is 0 Å². The van der Waals surface area contributed by atoms with E-state index in [1.54, 1.807) is 30.0 Å². The van der Waals surface area contributed by atoms with E-state index in [4.69, 9.17) is 9.47 Å². The zero-order valence-corrected chi connectivity index (χ0v) is 16.5. The fourth-order valence-electron chi connectivity index (χ4n) is 4.51. The van der Waals surface area contributed by atoms with Crippen LogP contribution in [0.1, 0.15) is 29.5 Å². The molecule has 29 heavy (non-hydrogen) atoms. The Morgan fingerprint density at radius 1 is 1.17 bits per heavy atom. The first-order chi connectivity index (χ1) is 14.0. The average Bonchev–Trinajstić information content (AvgIpc) is 2.70. The molecule has 2 aliphatic rings. The smallest absolute Gasteiger partial charge is 0.410 e. The van der Waals surface area contributed by atoms with Crippen LogP contribution in [-0.4, -0.2) is 47.0 Å². The number of piperidine rings is 1. The summed E-state index contributed by atoms with van der Waals surface area (Å²) in [5, 5.41) is 11.3. The minimum atomic E-state index is -1.08. The highest BCUT2D eigenvalue weighted by Gasteiger charge is 2.48. The van der Waals surface area contributed by atoms with E-state index in [9.17, 15) is 14.3 Å². The van der Waals surface area contributed by atoms with Crippen molar-refractivity contribution in [3.05, 3.63) is 71.0 Å². The van der Waals surface area contributed by atoms with Crippen LogP contribution in [0.2, 0.25) is 0 Å². The second kappa shape index (κ2) is 8.13. The molecule has 2 bridgehead atoms. The third-order valence-corrected chi connectivity index (χ3v) is 5.85. The van der Waals surface area contributed by atoms with Crippen molar-refractivity contribution in [3.63, 3.8) is 0 Å². The molecule has 2 saturated heterocycles. The van der Waals surface area contributed by atoms with Gasteiger partial charge in [-0.3, -0.25) is 4.90 Å². The van der Waals surface area contributed by atoms with Crippen molar-refractivity contribution < 1.29 is 23.8 Å². The molecule has 0 aromatic heterocycles. The molecule has 2 unspecified atom stereocenters. The van der Waals surface area contributed by atoms with E-state index in [-0.39, 0.29) is 30.9 Å². The number of halogens is 1. The van der Waals surface area contributed by atoms with Gasteiger partial charge in [0, 0.05) is 6.42 Å². The monoisotopic (exact) mass is 399 g/mol. The quantitative estimate of drug-likeness (QED) is 0.853. The zero-order chi connectivity index (χ0) is 20.4. The topological polar surface area (TPSA) is 59.0 Å². The van der Waals surface area contributed by atoms with E-state index in [0.29, 0.717) is 37.2 Å². The minimum Gasteiger partial charge on any atom is -0.445 e. The average molecular weight is 399 g/mol. The van der Waals surface area contributed by atoms with E-state index >= 15 is 0 Å². The molecule has 2 atom stereocenters. The molecule has 0 spiro atoms. The number of aliphatic hydroxyl groups is 1. The fourth-order valence-corrected chi connectivity index (χ4v) is 4.51. The van der Waals surface area contributed by atoms with Gasteiger partial charge in [0.25, 0.3) is 0 Å². The summed E-state index contributed by atoms with van der Waals surface area (Å²) in [5.41, 5.74) is 0.915. The van der Waals surface area contributed by atoms with Crippen molar-refractivity contribution in [2.45, 2.75) is 50.5 Å². The van der Waals surface area contributed by atoms with E-state index in [1.807, 2.05) is 30.3 Å². The Hall–Kier alpha value is -2.44. The van der Waals surface area contributed by atoms with Gasteiger partial charge in [-0.2, -0.15) is 0 Å². The van der Waals surface area contributed by atoms with Crippen LogP contribution in [0.25, 0.3) is 0 Å². The number of nitrogens with zero attached hydrogens (tertiary/aromatic N) is 1. The molecule has 154 valence electrons. The summed E-state index contributed by atoms with van der Waals surface area (Å²) in [7, 11) is 0. The lowest BCUT2D eigenvalue weighted by Gasteiger charge is -2.51. The maximum absolute atomic E-state index is 14.5. The van der Waals surface area contributed by atoms with Crippen molar-refractivity contribution in [1.29, 1.82) is 0 Å². The maximum Gasteiger partial charge on any atom is 0.410 e. The first-order valence-electron chi connectivity index (χ1n) is 9.98. The van der Waals surface area contributed by atoms with Crippen molar-refractivity contribution in [1.82, 2.24) is 4.90 Å². The van der Waals surface area contributed by atoms with Crippen molar-refractivity contribution >= 4 is 6.09 Å². The summed E-state index contributed by atoms with van der Waals surface area (Å²) in [6.45, 7) is 2.61. The molecule has 2 aliphatic heterocycles. The molecule has 4 rings (SSSR count). The Morgan fingerprint density at radius 3 is 2.55 bits per heavy atom. The molecule has 2 fully saturated rings. The van der Waals surface area contributed by atoms with Crippen LogP contribution < -0.4 is 0 Å². The molecule has 5 nitrogen and oxygen atoms in total. The van der Waals surface area contributed by atoms with Crippen LogP contribution in [0.3, 0.4) is 0 Å². The molecular formula is C23H26FNO4. The number of fused-ring (bicyclic) bond motifs is 2. The van der Waals surface area contributed by atoms with Gasteiger partial charge in [0.2, 0.25) is 0 Å². The van der Waals surface area contributed by atoms with E-state index in [1.165, 1.54) is 0 Å². The van der Waals surface area contributed by atoms with E-state index in [2.05, 4.69) is 0 Å². The number of carbonyl (C=O) groups excluding carboxylic acids is 1. The predicted octanol–water partition coefficient (Wildman–Crippen LogP) is 3.61. The number of hydrogen-bond acceptors (Lipinski definition) is 4. The van der Waals surface area contributed by atoms with Gasteiger partial charge in [-0.05, 0) is 36.5 Å². The Bertz CT molecular complexity index is 858. The number of aryl methyl sites for hydroxylation is 1. The van der Waals surface area contributed by atoms with Crippen LogP contribution in [0.4, 0.5) is 9.18 Å². The minimum absolute atomic E-state index is 0.204. The highest BCUT2D eigenvalue weighted by molar-refractivity contribution is 5.69. The third-order valence-electron chi connectivity index (χ3n) is 5.85. The molecule has 1 N–H and O–H groups in total. The number of rotatable bonds is 4. The molecule has 0 radical (unpaired) electrons. The Balaban J connectivity index is 1.45. The fraction of sp³-hybridized carbons (Fsp3) is 0.435. The first-order valence-corrected chi connectivity index (χ1v) is 9.98. The first kappa shape index (κ1) is 19.9. The third kappa shape index (κ3) is 4.28. The van der Waals surface area contributed by atoms with Crippen LogP contribution in [0.5, 0.6) is 0 Å².